The first-order valence-corrected chi connectivity index (χ1v) is 12.6. The second kappa shape index (κ2) is 15.3. The fourth-order valence-corrected chi connectivity index (χ4v) is 4.15. The molecule has 0 saturated heterocycles. The summed E-state index contributed by atoms with van der Waals surface area (Å²) in [6, 6.07) is 3.82. The molecule has 0 radical (unpaired) electrons. The average Bonchev–Trinajstić information content (AvgIpc) is 2.93. The third kappa shape index (κ3) is 8.35. The number of benzene rings is 1. The fraction of sp³-hybridized carbons (Fsp3) is 0.640. The summed E-state index contributed by atoms with van der Waals surface area (Å²) in [7, 11) is 4.79. The zero-order valence-electron chi connectivity index (χ0n) is 21.7. The molecule has 1 aliphatic rings. The fourth-order valence-electron chi connectivity index (χ4n) is 4.15. The molecule has 11 nitrogen and oxygen atoms in total. The van der Waals surface area contributed by atoms with E-state index in [1.807, 2.05) is 12.1 Å². The Kier molecular flexibility index (Phi) is 11.7. The van der Waals surface area contributed by atoms with E-state index in [1.165, 1.54) is 19.3 Å². The summed E-state index contributed by atoms with van der Waals surface area (Å²) in [4.78, 5) is 14.1. The van der Waals surface area contributed by atoms with Crippen LogP contribution in [0, 0.1) is 0 Å². The van der Waals surface area contributed by atoms with E-state index in [0.717, 1.165) is 24.2 Å². The first-order valence-electron chi connectivity index (χ1n) is 12.6. The molecule has 1 fully saturated rings. The minimum Gasteiger partial charge on any atom is -0.493 e. The molecule has 3 rings (SSSR count). The average molecular weight is 505 g/mol. The van der Waals surface area contributed by atoms with Gasteiger partial charge in [0.2, 0.25) is 17.6 Å². The molecule has 1 heterocycles. The lowest BCUT2D eigenvalue weighted by Crippen LogP contribution is -2.18. The highest BCUT2D eigenvalue weighted by molar-refractivity contribution is 5.54. The number of anilines is 2. The highest BCUT2D eigenvalue weighted by atomic mass is 16.5. The molecule has 0 unspecified atom stereocenters. The van der Waals surface area contributed by atoms with E-state index in [2.05, 4.69) is 15.6 Å². The van der Waals surface area contributed by atoms with Crippen LogP contribution in [0.15, 0.2) is 12.1 Å². The van der Waals surface area contributed by atoms with Gasteiger partial charge in [-0.2, -0.15) is 15.0 Å². The summed E-state index contributed by atoms with van der Waals surface area (Å²) in [6.45, 7) is 3.69. The van der Waals surface area contributed by atoms with Gasteiger partial charge in [0, 0.05) is 25.6 Å². The van der Waals surface area contributed by atoms with Crippen molar-refractivity contribution in [3.8, 4) is 17.2 Å². The molecule has 1 aromatic carbocycles. The van der Waals surface area contributed by atoms with Gasteiger partial charge in [-0.1, -0.05) is 19.3 Å². The Morgan fingerprint density at radius 3 is 2.06 bits per heavy atom. The Morgan fingerprint density at radius 2 is 1.44 bits per heavy atom. The van der Waals surface area contributed by atoms with Gasteiger partial charge in [-0.3, -0.25) is 0 Å². The predicted molar refractivity (Wildman–Crippen MR) is 138 cm³/mol. The van der Waals surface area contributed by atoms with E-state index in [4.69, 9.17) is 39.4 Å². The lowest BCUT2D eigenvalue weighted by atomic mass is 9.89. The van der Waals surface area contributed by atoms with E-state index >= 15 is 0 Å². The third-order valence-corrected chi connectivity index (χ3v) is 5.96. The summed E-state index contributed by atoms with van der Waals surface area (Å²) in [5.41, 5.74) is 6.36. The number of ether oxygens (including phenoxy) is 5. The molecule has 11 heteroatoms. The van der Waals surface area contributed by atoms with E-state index in [1.54, 1.807) is 21.3 Å². The molecule has 0 aliphatic heterocycles. The maximum absolute atomic E-state index is 5.60. The van der Waals surface area contributed by atoms with Gasteiger partial charge in [0.1, 0.15) is 5.82 Å². The van der Waals surface area contributed by atoms with Crippen molar-refractivity contribution in [2.45, 2.75) is 44.6 Å². The number of methoxy groups -OCH3 is 3. The lowest BCUT2D eigenvalue weighted by Gasteiger charge is -2.21. The van der Waals surface area contributed by atoms with E-state index in [0.29, 0.717) is 81.1 Å². The van der Waals surface area contributed by atoms with Crippen molar-refractivity contribution < 1.29 is 23.7 Å². The van der Waals surface area contributed by atoms with Crippen molar-refractivity contribution >= 4 is 11.9 Å². The van der Waals surface area contributed by atoms with Gasteiger partial charge in [0.25, 0.3) is 0 Å². The summed E-state index contributed by atoms with van der Waals surface area (Å²) in [6.07, 6.45) is 5.87. The molecule has 1 aromatic heterocycles. The van der Waals surface area contributed by atoms with Crippen LogP contribution < -0.4 is 30.6 Å². The van der Waals surface area contributed by atoms with Crippen LogP contribution in [0.2, 0.25) is 0 Å². The normalized spacial score (nSPS) is 13.9. The smallest absolute Gasteiger partial charge is 0.228 e. The number of nitrogens with zero attached hydrogens (tertiary/aromatic N) is 3. The maximum atomic E-state index is 5.60. The van der Waals surface area contributed by atoms with Gasteiger partial charge in [-0.05, 0) is 30.5 Å². The van der Waals surface area contributed by atoms with Gasteiger partial charge >= 0.3 is 0 Å². The number of hydrogen-bond donors (Lipinski definition) is 3. The molecule has 0 spiro atoms. The van der Waals surface area contributed by atoms with Crippen LogP contribution in [0.25, 0.3) is 0 Å². The van der Waals surface area contributed by atoms with Crippen LogP contribution >= 0.6 is 0 Å². The van der Waals surface area contributed by atoms with Crippen LogP contribution in [-0.4, -0.2) is 75.8 Å². The molecule has 0 amide bonds. The summed E-state index contributed by atoms with van der Waals surface area (Å²) >= 11 is 0. The molecular weight excluding hydrogens is 464 g/mol. The van der Waals surface area contributed by atoms with E-state index < -0.39 is 0 Å². The predicted octanol–water partition coefficient (Wildman–Crippen LogP) is 2.96. The number of rotatable bonds is 16. The van der Waals surface area contributed by atoms with E-state index in [-0.39, 0.29) is 0 Å². The molecule has 4 N–H and O–H groups in total. The number of nitrogens with two attached hydrogens (primary N) is 1. The van der Waals surface area contributed by atoms with Crippen molar-refractivity contribution in [3.05, 3.63) is 23.5 Å². The van der Waals surface area contributed by atoms with Gasteiger partial charge in [0.15, 0.2) is 11.5 Å². The third-order valence-electron chi connectivity index (χ3n) is 5.96. The molecule has 36 heavy (non-hydrogen) atoms. The van der Waals surface area contributed by atoms with Crippen molar-refractivity contribution in [2.24, 2.45) is 5.73 Å². The van der Waals surface area contributed by atoms with Gasteiger partial charge < -0.3 is 40.1 Å². The van der Waals surface area contributed by atoms with Crippen LogP contribution in [0.5, 0.6) is 17.2 Å². The Morgan fingerprint density at radius 1 is 0.806 bits per heavy atom. The van der Waals surface area contributed by atoms with Gasteiger partial charge in [-0.15, -0.1) is 0 Å². The molecular formula is C25H40N6O5. The SMILES string of the molecule is COc1cc(CNc2nc(NCCOCCOCCN)nc(C3CCCCC3)n2)cc(OC)c1OC. The lowest BCUT2D eigenvalue weighted by molar-refractivity contribution is 0.0547. The van der Waals surface area contributed by atoms with Crippen molar-refractivity contribution in [2.75, 3.05) is 71.5 Å². The second-order valence-electron chi connectivity index (χ2n) is 8.50. The summed E-state index contributed by atoms with van der Waals surface area (Å²) in [5, 5.41) is 6.61. The van der Waals surface area contributed by atoms with Gasteiger partial charge in [-0.25, -0.2) is 0 Å². The largest absolute Gasteiger partial charge is 0.493 e. The monoisotopic (exact) mass is 504 g/mol. The summed E-state index contributed by atoms with van der Waals surface area (Å²) in [5.74, 6) is 4.00. The molecule has 0 atom stereocenters. The zero-order valence-corrected chi connectivity index (χ0v) is 21.7. The first kappa shape index (κ1) is 27.7. The molecule has 1 aliphatic carbocycles. The Balaban J connectivity index is 1.66. The molecule has 0 bridgehead atoms. The van der Waals surface area contributed by atoms with Crippen molar-refractivity contribution in [1.29, 1.82) is 0 Å². The van der Waals surface area contributed by atoms with Crippen LogP contribution in [0.1, 0.15) is 49.4 Å². The van der Waals surface area contributed by atoms with Crippen molar-refractivity contribution in [1.82, 2.24) is 15.0 Å². The Hall–Kier alpha value is -2.89. The highest BCUT2D eigenvalue weighted by Gasteiger charge is 2.20. The van der Waals surface area contributed by atoms with Crippen LogP contribution in [0.3, 0.4) is 0 Å². The standard InChI is InChI=1S/C25H40N6O5/c1-32-20-15-18(16-21(33-2)22(20)34-3)17-28-25-30-23(19-7-5-4-6-8-19)29-24(31-25)27-10-12-36-14-13-35-11-9-26/h15-16,19H,4-14,17,26H2,1-3H3,(H2,27,28,29,30,31). The maximum Gasteiger partial charge on any atom is 0.228 e. The minimum atomic E-state index is 0.347. The number of nitrogens with one attached hydrogen (secondary N) is 2. The topological polar surface area (TPSA) is 135 Å². The highest BCUT2D eigenvalue weighted by Crippen LogP contribution is 2.38. The Bertz CT molecular complexity index is 901. The van der Waals surface area contributed by atoms with E-state index in [9.17, 15) is 0 Å². The second-order valence-corrected chi connectivity index (χ2v) is 8.50. The quantitative estimate of drug-likeness (QED) is 0.291. The van der Waals surface area contributed by atoms with Crippen molar-refractivity contribution in [3.63, 3.8) is 0 Å². The molecule has 200 valence electrons. The summed E-state index contributed by atoms with van der Waals surface area (Å²) < 4.78 is 27.3. The first-order chi connectivity index (χ1) is 17.7. The van der Waals surface area contributed by atoms with Gasteiger partial charge in [0.05, 0.1) is 47.8 Å². The van der Waals surface area contributed by atoms with Crippen LogP contribution in [-0.2, 0) is 16.0 Å². The molecule has 1 saturated carbocycles. The number of aromatic nitrogens is 3. The number of hydrogen-bond acceptors (Lipinski definition) is 11. The molecule has 2 aromatic rings. The van der Waals surface area contributed by atoms with Crippen LogP contribution in [0.4, 0.5) is 11.9 Å². The zero-order chi connectivity index (χ0) is 25.6. The minimum absolute atomic E-state index is 0.347. The Labute approximate surface area is 213 Å².